The topological polar surface area (TPSA) is 77.8 Å². The molecule has 0 fully saturated rings. The Hall–Kier alpha value is -2.47. The van der Waals surface area contributed by atoms with E-state index in [2.05, 4.69) is 15.3 Å². The van der Waals surface area contributed by atoms with Crippen molar-refractivity contribution in [3.63, 3.8) is 0 Å². The summed E-state index contributed by atoms with van der Waals surface area (Å²) in [5, 5.41) is 13.8. The maximum atomic E-state index is 11.9. The first-order chi connectivity index (χ1) is 11.0. The lowest BCUT2D eigenvalue weighted by Crippen LogP contribution is -2.41. The van der Waals surface area contributed by atoms with Crippen LogP contribution >= 0.6 is 0 Å². The molecule has 0 radical (unpaired) electrons. The summed E-state index contributed by atoms with van der Waals surface area (Å²) in [6.07, 6.45) is 3.90. The van der Waals surface area contributed by atoms with Crippen molar-refractivity contribution in [3.8, 4) is 0 Å². The van der Waals surface area contributed by atoms with E-state index in [0.29, 0.717) is 29.7 Å². The van der Waals surface area contributed by atoms with E-state index in [4.69, 9.17) is 0 Å². The van der Waals surface area contributed by atoms with Gasteiger partial charge >= 0.3 is 0 Å². The third kappa shape index (κ3) is 4.04. The zero-order valence-electron chi connectivity index (χ0n) is 13.7. The van der Waals surface area contributed by atoms with Gasteiger partial charge in [0.15, 0.2) is 5.84 Å². The summed E-state index contributed by atoms with van der Waals surface area (Å²) in [6.45, 7) is 6.84. The molecule has 0 spiro atoms. The highest BCUT2D eigenvalue weighted by Gasteiger charge is 2.28. The molecule has 6 nitrogen and oxygen atoms in total. The quantitative estimate of drug-likeness (QED) is 0.816. The van der Waals surface area contributed by atoms with Crippen LogP contribution < -0.4 is 5.32 Å². The lowest BCUT2D eigenvalue weighted by Gasteiger charge is -2.27. The second-order valence-corrected chi connectivity index (χ2v) is 5.38. The summed E-state index contributed by atoms with van der Waals surface area (Å²) < 4.78 is 0. The number of amides is 1. The van der Waals surface area contributed by atoms with Gasteiger partial charge in [-0.2, -0.15) is 5.06 Å². The molecule has 0 bridgehead atoms. The van der Waals surface area contributed by atoms with Crippen LogP contribution in [0.4, 0.5) is 0 Å². The number of nitrogens with zero attached hydrogens (tertiary/aromatic N) is 3. The maximum absolute atomic E-state index is 11.9. The standard InChI is InChI=1S/C17H22N4O2/c1-4-18-17-16(12(2)3)14(11-15(22)21(17)23)20-10-8-13-7-5-6-9-19-13/h5-7,9,11,20,23H,4,8,10H2,1-3H3. The van der Waals surface area contributed by atoms with Crippen LogP contribution in [0.25, 0.3) is 0 Å². The fraction of sp³-hybridized carbons (Fsp3) is 0.353. The van der Waals surface area contributed by atoms with Gasteiger partial charge in [-0.05, 0) is 32.9 Å². The molecule has 0 saturated carbocycles. The summed E-state index contributed by atoms with van der Waals surface area (Å²) in [7, 11) is 0. The number of aromatic nitrogens is 1. The van der Waals surface area contributed by atoms with Crippen LogP contribution in [0.15, 0.2) is 52.3 Å². The summed E-state index contributed by atoms with van der Waals surface area (Å²) in [6, 6.07) is 5.79. The molecular formula is C17H22N4O2. The highest BCUT2D eigenvalue weighted by molar-refractivity contribution is 6.15. The van der Waals surface area contributed by atoms with E-state index in [9.17, 15) is 10.0 Å². The Morgan fingerprint density at radius 1 is 1.39 bits per heavy atom. The fourth-order valence-corrected chi connectivity index (χ4v) is 2.39. The van der Waals surface area contributed by atoms with Gasteiger partial charge in [-0.25, -0.2) is 0 Å². The molecule has 0 unspecified atom stereocenters. The minimum Gasteiger partial charge on any atom is -0.384 e. The predicted molar refractivity (Wildman–Crippen MR) is 89.0 cm³/mol. The van der Waals surface area contributed by atoms with Gasteiger partial charge in [0, 0.05) is 43.1 Å². The van der Waals surface area contributed by atoms with Gasteiger partial charge in [0.25, 0.3) is 5.91 Å². The first-order valence-corrected chi connectivity index (χ1v) is 7.65. The van der Waals surface area contributed by atoms with Crippen LogP contribution in [0.1, 0.15) is 26.5 Å². The van der Waals surface area contributed by atoms with Crippen LogP contribution in [-0.4, -0.2) is 40.1 Å². The van der Waals surface area contributed by atoms with Crippen molar-refractivity contribution >= 4 is 11.7 Å². The minimum absolute atomic E-state index is 0.292. The molecule has 6 heteroatoms. The van der Waals surface area contributed by atoms with Crippen molar-refractivity contribution in [1.29, 1.82) is 0 Å². The molecule has 1 aromatic rings. The molecule has 23 heavy (non-hydrogen) atoms. The second-order valence-electron chi connectivity index (χ2n) is 5.38. The van der Waals surface area contributed by atoms with E-state index in [1.165, 1.54) is 6.08 Å². The van der Waals surface area contributed by atoms with Gasteiger partial charge in [0.05, 0.1) is 5.70 Å². The molecule has 2 N–H and O–H groups in total. The first-order valence-electron chi connectivity index (χ1n) is 7.65. The van der Waals surface area contributed by atoms with Crippen LogP contribution in [-0.2, 0) is 11.2 Å². The van der Waals surface area contributed by atoms with Crippen LogP contribution in [0, 0.1) is 0 Å². The Morgan fingerprint density at radius 3 is 2.78 bits per heavy atom. The molecule has 0 aliphatic carbocycles. The molecule has 1 aliphatic rings. The van der Waals surface area contributed by atoms with Crippen molar-refractivity contribution in [2.75, 3.05) is 13.1 Å². The summed E-state index contributed by atoms with van der Waals surface area (Å²) in [5.74, 6) is -0.206. The Morgan fingerprint density at radius 2 is 2.17 bits per heavy atom. The maximum Gasteiger partial charge on any atom is 0.278 e. The highest BCUT2D eigenvalue weighted by Crippen LogP contribution is 2.21. The fourth-order valence-electron chi connectivity index (χ4n) is 2.39. The SMILES string of the molecule is CCN=C1C(=C(C)C)C(NCCc2ccccn2)=CC(=O)N1O. The van der Waals surface area contributed by atoms with Crippen molar-refractivity contribution in [1.82, 2.24) is 15.4 Å². The molecular weight excluding hydrogens is 292 g/mol. The number of allylic oxidation sites excluding steroid dienone is 1. The number of rotatable bonds is 5. The molecule has 0 saturated heterocycles. The number of pyridine rings is 1. The number of amidine groups is 1. The number of hydrogen-bond acceptors (Lipinski definition) is 5. The van der Waals surface area contributed by atoms with Crippen LogP contribution in [0.2, 0.25) is 0 Å². The predicted octanol–water partition coefficient (Wildman–Crippen LogP) is 2.08. The average Bonchev–Trinajstić information content (AvgIpc) is 2.53. The Kier molecular flexibility index (Phi) is 5.65. The molecule has 122 valence electrons. The molecule has 0 aromatic carbocycles. The van der Waals surface area contributed by atoms with E-state index in [1.807, 2.05) is 39.0 Å². The van der Waals surface area contributed by atoms with E-state index in [-0.39, 0.29) is 0 Å². The van der Waals surface area contributed by atoms with Crippen molar-refractivity contribution in [2.24, 2.45) is 4.99 Å². The number of hydroxylamine groups is 2. The van der Waals surface area contributed by atoms with Crippen molar-refractivity contribution in [3.05, 3.63) is 53.0 Å². The van der Waals surface area contributed by atoms with Gasteiger partial charge in [-0.15, -0.1) is 0 Å². The smallest absolute Gasteiger partial charge is 0.278 e. The van der Waals surface area contributed by atoms with E-state index >= 15 is 0 Å². The van der Waals surface area contributed by atoms with E-state index in [0.717, 1.165) is 23.3 Å². The number of aliphatic imine (C=N–C) groups is 1. The number of carbonyl (C=O) groups is 1. The summed E-state index contributed by atoms with van der Waals surface area (Å²) in [5.41, 5.74) is 3.39. The molecule has 0 atom stereocenters. The largest absolute Gasteiger partial charge is 0.384 e. The number of hydrogen-bond donors (Lipinski definition) is 2. The Bertz CT molecular complexity index is 658. The van der Waals surface area contributed by atoms with Crippen molar-refractivity contribution in [2.45, 2.75) is 27.2 Å². The van der Waals surface area contributed by atoms with Gasteiger partial charge < -0.3 is 5.32 Å². The van der Waals surface area contributed by atoms with E-state index < -0.39 is 5.91 Å². The van der Waals surface area contributed by atoms with Crippen LogP contribution in [0.5, 0.6) is 0 Å². The van der Waals surface area contributed by atoms with Gasteiger partial charge in [0.1, 0.15) is 0 Å². The molecule has 1 aliphatic heterocycles. The lowest BCUT2D eigenvalue weighted by molar-refractivity contribution is -0.143. The monoisotopic (exact) mass is 314 g/mol. The van der Waals surface area contributed by atoms with E-state index in [1.54, 1.807) is 6.20 Å². The molecule has 2 rings (SSSR count). The first kappa shape index (κ1) is 16.9. The van der Waals surface area contributed by atoms with Gasteiger partial charge in [-0.3, -0.25) is 20.0 Å². The highest BCUT2D eigenvalue weighted by atomic mass is 16.5. The lowest BCUT2D eigenvalue weighted by atomic mass is 10.0. The zero-order chi connectivity index (χ0) is 16.8. The minimum atomic E-state index is -0.498. The summed E-state index contributed by atoms with van der Waals surface area (Å²) >= 11 is 0. The number of carbonyl (C=O) groups excluding carboxylic acids is 1. The Labute approximate surface area is 136 Å². The molecule has 1 amide bonds. The van der Waals surface area contributed by atoms with Crippen LogP contribution in [0.3, 0.4) is 0 Å². The normalized spacial score (nSPS) is 16.6. The van der Waals surface area contributed by atoms with Gasteiger partial charge in [-0.1, -0.05) is 11.6 Å². The van der Waals surface area contributed by atoms with Crippen molar-refractivity contribution < 1.29 is 10.0 Å². The zero-order valence-corrected chi connectivity index (χ0v) is 13.7. The van der Waals surface area contributed by atoms with Gasteiger partial charge in [0.2, 0.25) is 0 Å². The third-order valence-corrected chi connectivity index (χ3v) is 3.40. The third-order valence-electron chi connectivity index (χ3n) is 3.40. The number of nitrogens with one attached hydrogen (secondary N) is 1. The molecule has 1 aromatic heterocycles. The Balaban J connectivity index is 2.18. The molecule has 2 heterocycles. The summed E-state index contributed by atoms with van der Waals surface area (Å²) in [4.78, 5) is 20.5. The average molecular weight is 314 g/mol. The second kappa shape index (κ2) is 7.69.